The molecule has 0 bridgehead atoms. The van der Waals surface area contributed by atoms with Gasteiger partial charge < -0.3 is 10.1 Å². The fourth-order valence-corrected chi connectivity index (χ4v) is 1.88. The van der Waals surface area contributed by atoms with Crippen LogP contribution in [0, 0.1) is 0 Å². The zero-order valence-electron chi connectivity index (χ0n) is 9.50. The molecular formula is C12H10Cl2N2O2. The second-order valence-electron chi connectivity index (χ2n) is 3.70. The summed E-state index contributed by atoms with van der Waals surface area (Å²) in [5.74, 6) is -0.00408. The average molecular weight is 285 g/mol. The molecule has 2 rings (SSSR count). The summed E-state index contributed by atoms with van der Waals surface area (Å²) in [5, 5.41) is 10.4. The van der Waals surface area contributed by atoms with Gasteiger partial charge in [0, 0.05) is 5.56 Å². The molecule has 2 aromatic rings. The first-order chi connectivity index (χ1) is 8.52. The van der Waals surface area contributed by atoms with Gasteiger partial charge in [-0.1, -0.05) is 30.1 Å². The molecular weight excluding hydrogens is 275 g/mol. The summed E-state index contributed by atoms with van der Waals surface area (Å²) >= 11 is 11.7. The molecule has 0 atom stereocenters. The molecule has 0 aliphatic rings. The fourth-order valence-electron chi connectivity index (χ4n) is 1.58. The van der Waals surface area contributed by atoms with Crippen molar-refractivity contribution in [2.75, 3.05) is 0 Å². The maximum absolute atomic E-state index is 11.7. The summed E-state index contributed by atoms with van der Waals surface area (Å²) in [6.07, 6.45) is 0.413. The lowest BCUT2D eigenvalue weighted by atomic mass is 10.2. The third-order valence-corrected chi connectivity index (χ3v) is 3.28. The van der Waals surface area contributed by atoms with Crippen molar-refractivity contribution in [3.8, 4) is 17.3 Å². The van der Waals surface area contributed by atoms with Gasteiger partial charge >= 0.3 is 0 Å². The first-order valence-corrected chi connectivity index (χ1v) is 6.06. The Kier molecular flexibility index (Phi) is 3.59. The second-order valence-corrected chi connectivity index (χ2v) is 4.51. The second kappa shape index (κ2) is 5.00. The van der Waals surface area contributed by atoms with Crippen molar-refractivity contribution >= 4 is 23.2 Å². The van der Waals surface area contributed by atoms with E-state index in [-0.39, 0.29) is 22.8 Å². The van der Waals surface area contributed by atoms with Gasteiger partial charge in [0.05, 0.1) is 15.6 Å². The molecule has 0 spiro atoms. The first kappa shape index (κ1) is 12.9. The highest BCUT2D eigenvalue weighted by molar-refractivity contribution is 6.42. The van der Waals surface area contributed by atoms with Crippen LogP contribution >= 0.6 is 23.2 Å². The Labute approximate surface area is 113 Å². The third kappa shape index (κ3) is 2.35. The molecule has 2 N–H and O–H groups in total. The van der Waals surface area contributed by atoms with Crippen molar-refractivity contribution in [3.63, 3.8) is 0 Å². The topological polar surface area (TPSA) is 66.0 Å². The van der Waals surface area contributed by atoms with Crippen LogP contribution in [0.15, 0.2) is 23.0 Å². The number of halogens is 2. The number of benzene rings is 1. The lowest BCUT2D eigenvalue weighted by molar-refractivity contribution is 0.444. The van der Waals surface area contributed by atoms with E-state index >= 15 is 0 Å². The Morgan fingerprint density at radius 1 is 1.33 bits per heavy atom. The zero-order valence-corrected chi connectivity index (χ0v) is 11.0. The largest absolute Gasteiger partial charge is 0.493 e. The van der Waals surface area contributed by atoms with Crippen LogP contribution in [0.25, 0.3) is 11.4 Å². The van der Waals surface area contributed by atoms with E-state index in [0.29, 0.717) is 22.0 Å². The molecule has 6 heteroatoms. The fraction of sp³-hybridized carbons (Fsp3) is 0.167. The monoisotopic (exact) mass is 284 g/mol. The van der Waals surface area contributed by atoms with E-state index in [1.165, 1.54) is 0 Å². The van der Waals surface area contributed by atoms with Crippen molar-refractivity contribution in [1.82, 2.24) is 9.97 Å². The Hall–Kier alpha value is -1.52. The summed E-state index contributed by atoms with van der Waals surface area (Å²) < 4.78 is 0. The van der Waals surface area contributed by atoms with Gasteiger partial charge in [-0.15, -0.1) is 0 Å². The first-order valence-electron chi connectivity index (χ1n) is 5.30. The number of hydrogen-bond donors (Lipinski definition) is 2. The minimum Gasteiger partial charge on any atom is -0.493 e. The van der Waals surface area contributed by atoms with E-state index in [2.05, 4.69) is 9.97 Å². The highest BCUT2D eigenvalue weighted by Crippen LogP contribution is 2.27. The van der Waals surface area contributed by atoms with Crippen LogP contribution in [0.1, 0.15) is 12.5 Å². The number of rotatable bonds is 2. The van der Waals surface area contributed by atoms with E-state index in [0.717, 1.165) is 0 Å². The van der Waals surface area contributed by atoms with E-state index < -0.39 is 0 Å². The summed E-state index contributed by atoms with van der Waals surface area (Å²) in [7, 11) is 0. The molecule has 1 heterocycles. The number of aromatic nitrogens is 2. The van der Waals surface area contributed by atoms with Crippen LogP contribution in [-0.4, -0.2) is 15.1 Å². The summed E-state index contributed by atoms with van der Waals surface area (Å²) in [6.45, 7) is 1.77. The molecule has 18 heavy (non-hydrogen) atoms. The highest BCUT2D eigenvalue weighted by atomic mass is 35.5. The van der Waals surface area contributed by atoms with Gasteiger partial charge in [-0.05, 0) is 24.6 Å². The number of nitrogens with one attached hydrogen (secondary N) is 1. The minimum atomic E-state index is -0.355. The van der Waals surface area contributed by atoms with Gasteiger partial charge in [0.2, 0.25) is 5.88 Å². The Bertz CT molecular complexity index is 653. The minimum absolute atomic E-state index is 0.258. The van der Waals surface area contributed by atoms with Gasteiger partial charge in [-0.3, -0.25) is 4.79 Å². The molecule has 0 amide bonds. The maximum atomic E-state index is 11.7. The summed E-state index contributed by atoms with van der Waals surface area (Å²) in [5.41, 5.74) is 0.490. The SMILES string of the molecule is CCc1c(O)nc(-c2ccc(Cl)c(Cl)c2)[nH]c1=O. The van der Waals surface area contributed by atoms with E-state index in [9.17, 15) is 9.90 Å². The standard InChI is InChI=1S/C12H10Cl2N2O2/c1-2-7-11(17)15-10(16-12(7)18)6-3-4-8(13)9(14)5-6/h3-5H,2H2,1H3,(H2,15,16,17,18). The lowest BCUT2D eigenvalue weighted by Crippen LogP contribution is -2.14. The van der Waals surface area contributed by atoms with Gasteiger partial charge in [-0.2, -0.15) is 4.98 Å². The number of aromatic hydroxyl groups is 1. The van der Waals surface area contributed by atoms with Gasteiger partial charge in [-0.25, -0.2) is 0 Å². The molecule has 1 aromatic carbocycles. The number of aromatic amines is 1. The van der Waals surface area contributed by atoms with Crippen molar-refractivity contribution in [2.24, 2.45) is 0 Å². The van der Waals surface area contributed by atoms with Gasteiger partial charge in [0.1, 0.15) is 5.82 Å². The molecule has 0 saturated carbocycles. The summed E-state index contributed by atoms with van der Waals surface area (Å²) in [4.78, 5) is 18.2. The molecule has 0 aliphatic heterocycles. The Morgan fingerprint density at radius 3 is 2.61 bits per heavy atom. The van der Waals surface area contributed by atoms with Crippen LogP contribution < -0.4 is 5.56 Å². The van der Waals surface area contributed by atoms with E-state index in [1.807, 2.05) is 0 Å². The van der Waals surface area contributed by atoms with Crippen molar-refractivity contribution < 1.29 is 5.11 Å². The van der Waals surface area contributed by atoms with Crippen molar-refractivity contribution in [3.05, 3.63) is 44.2 Å². The highest BCUT2D eigenvalue weighted by Gasteiger charge is 2.11. The number of H-pyrrole nitrogens is 1. The molecule has 0 aliphatic carbocycles. The summed E-state index contributed by atoms with van der Waals surface area (Å²) in [6, 6.07) is 4.84. The maximum Gasteiger partial charge on any atom is 0.258 e. The lowest BCUT2D eigenvalue weighted by Gasteiger charge is -2.05. The molecule has 0 fully saturated rings. The van der Waals surface area contributed by atoms with Crippen LogP contribution in [0.4, 0.5) is 0 Å². The van der Waals surface area contributed by atoms with E-state index in [4.69, 9.17) is 23.2 Å². The Morgan fingerprint density at radius 2 is 2.06 bits per heavy atom. The average Bonchev–Trinajstić information content (AvgIpc) is 2.32. The van der Waals surface area contributed by atoms with Crippen molar-refractivity contribution in [1.29, 1.82) is 0 Å². The number of nitrogens with zero attached hydrogens (tertiary/aromatic N) is 1. The van der Waals surface area contributed by atoms with Crippen molar-refractivity contribution in [2.45, 2.75) is 13.3 Å². The smallest absolute Gasteiger partial charge is 0.258 e. The normalized spacial score (nSPS) is 10.6. The number of hydrogen-bond acceptors (Lipinski definition) is 3. The van der Waals surface area contributed by atoms with E-state index in [1.54, 1.807) is 25.1 Å². The molecule has 0 unspecified atom stereocenters. The molecule has 0 saturated heterocycles. The van der Waals surface area contributed by atoms with Crippen LogP contribution in [0.5, 0.6) is 5.88 Å². The van der Waals surface area contributed by atoms with Gasteiger partial charge in [0.25, 0.3) is 5.56 Å². The van der Waals surface area contributed by atoms with Crippen LogP contribution in [0.2, 0.25) is 10.0 Å². The van der Waals surface area contributed by atoms with Crippen LogP contribution in [-0.2, 0) is 6.42 Å². The third-order valence-electron chi connectivity index (χ3n) is 2.54. The Balaban J connectivity index is 2.58. The van der Waals surface area contributed by atoms with Crippen LogP contribution in [0.3, 0.4) is 0 Å². The quantitative estimate of drug-likeness (QED) is 0.891. The molecule has 0 radical (unpaired) electrons. The molecule has 94 valence electrons. The predicted molar refractivity (Wildman–Crippen MR) is 71.4 cm³/mol. The van der Waals surface area contributed by atoms with Gasteiger partial charge in [0.15, 0.2) is 0 Å². The molecule has 4 nitrogen and oxygen atoms in total. The zero-order chi connectivity index (χ0) is 13.3. The predicted octanol–water partition coefficient (Wildman–Crippen LogP) is 3.01. The molecule has 1 aromatic heterocycles.